The first-order chi connectivity index (χ1) is 40.4. The third-order valence-electron chi connectivity index (χ3n) is 17.1. The van der Waals surface area contributed by atoms with E-state index in [1.165, 1.54) is 0 Å². The van der Waals surface area contributed by atoms with Crippen molar-refractivity contribution in [2.75, 3.05) is 0 Å². The van der Waals surface area contributed by atoms with E-state index in [1.54, 1.807) is 97.1 Å². The summed E-state index contributed by atoms with van der Waals surface area (Å²) in [4.78, 5) is 0. The highest BCUT2D eigenvalue weighted by molar-refractivity contribution is 5.72. The molecule has 0 fully saturated rings. The lowest BCUT2D eigenvalue weighted by Gasteiger charge is -2.40. The molecule has 8 N–H and O–H groups in total. The maximum absolute atomic E-state index is 10.7. The fourth-order valence-corrected chi connectivity index (χ4v) is 12.7. The molecule has 4 aliphatic heterocycles. The Morgan fingerprint density at radius 3 is 0.655 bits per heavy atom. The van der Waals surface area contributed by atoms with E-state index < -0.39 is 21.7 Å². The van der Waals surface area contributed by atoms with Crippen molar-refractivity contribution in [2.24, 2.45) is 0 Å². The van der Waals surface area contributed by atoms with Gasteiger partial charge in [0.15, 0.2) is 46.0 Å². The van der Waals surface area contributed by atoms with E-state index in [0.717, 1.165) is 66.8 Å². The summed E-state index contributed by atoms with van der Waals surface area (Å²) >= 11 is 0. The summed E-state index contributed by atoms with van der Waals surface area (Å²) in [5.74, 6) is 3.76. The van der Waals surface area contributed by atoms with E-state index in [2.05, 4.69) is 52.0 Å². The molecule has 0 spiro atoms. The number of benzene rings is 10. The van der Waals surface area contributed by atoms with Crippen LogP contribution in [0.25, 0.3) is 0 Å². The van der Waals surface area contributed by atoms with Gasteiger partial charge in [-0.25, -0.2) is 0 Å². The van der Waals surface area contributed by atoms with Gasteiger partial charge in [-0.05, 0) is 98.5 Å². The van der Waals surface area contributed by atoms with E-state index in [1.807, 2.05) is 100 Å². The maximum atomic E-state index is 10.7. The van der Waals surface area contributed by atoms with E-state index in [0.29, 0.717) is 46.0 Å². The smallest absolute Gasteiger partial charge is 0.173 e. The number of ether oxygens (including phenoxy) is 4. The maximum Gasteiger partial charge on any atom is 0.173 e. The van der Waals surface area contributed by atoms with Crippen LogP contribution in [0.4, 0.5) is 0 Å². The van der Waals surface area contributed by atoms with Crippen molar-refractivity contribution in [3.8, 4) is 92.0 Å². The standard InChI is InChI=1S/2C34H26O6.2C2H6/c1-33(21-7-3-11-25(35)29(21)39-30-22(33)8-4-12-26(30)36)19-15-17-20(18-16-19)34(2)23-9-5-13-27(37)31(23)40-32-24(34)10-6-14-28(32)38;1-33(25-11-7-21(35)15-29(25)39-30-16-22(36)8-12-26(30)33)19-3-5-20(6-4-19)34(2)27-13-9-23(37)17-31(27)40-32-18-24(38)10-14-28(32)34;2*1-2/h2*3-18,35-38H,1-2H3;2*1-2H3. The van der Waals surface area contributed by atoms with Gasteiger partial charge in [-0.3, -0.25) is 0 Å². The van der Waals surface area contributed by atoms with Gasteiger partial charge in [0.05, 0.1) is 0 Å². The predicted molar refractivity (Wildman–Crippen MR) is 323 cm³/mol. The number of aromatic hydroxyl groups is 8. The highest BCUT2D eigenvalue weighted by atomic mass is 16.5. The molecule has 0 atom stereocenters. The average molecular weight is 1120 g/mol. The largest absolute Gasteiger partial charge is 0.508 e. The highest BCUT2D eigenvalue weighted by Crippen LogP contribution is 2.60. The minimum atomic E-state index is -0.748. The molecule has 0 amide bonds. The first kappa shape index (κ1) is 55.7. The first-order valence-electron chi connectivity index (χ1n) is 28.0. The molecule has 12 heteroatoms. The number of phenols is 8. The van der Waals surface area contributed by atoms with Gasteiger partial charge < -0.3 is 59.8 Å². The predicted octanol–water partition coefficient (Wildman–Crippen LogP) is 16.9. The van der Waals surface area contributed by atoms with Crippen LogP contribution in [-0.2, 0) is 21.7 Å². The Kier molecular flexibility index (Phi) is 13.9. The topological polar surface area (TPSA) is 199 Å². The normalized spacial score (nSPS) is 14.9. The fourth-order valence-electron chi connectivity index (χ4n) is 12.7. The summed E-state index contributed by atoms with van der Waals surface area (Å²) in [6.07, 6.45) is 0. The molecule has 0 aliphatic carbocycles. The molecule has 0 radical (unpaired) electrons. The molecular formula is C72H64O12. The van der Waals surface area contributed by atoms with Crippen molar-refractivity contribution in [1.82, 2.24) is 0 Å². The molecule has 4 aliphatic rings. The lowest BCUT2D eigenvalue weighted by molar-refractivity contribution is 0.357. The van der Waals surface area contributed by atoms with E-state index in [9.17, 15) is 40.9 Å². The Morgan fingerprint density at radius 1 is 0.238 bits per heavy atom. The SMILES string of the molecule is CC.CC.CC1(c2ccc(C3(C)c4ccc(O)cc4Oc4cc(O)ccc43)cc2)c2ccc(O)cc2Oc2cc(O)ccc21.CC1(c2ccc(C3(C)c4cccc(O)c4Oc4c(O)cccc43)cc2)c2cccc(O)c2Oc2c(O)cccc21. The summed E-state index contributed by atoms with van der Waals surface area (Å²) in [5.41, 5.74) is 7.82. The molecule has 0 unspecified atom stereocenters. The zero-order valence-corrected chi connectivity index (χ0v) is 47.7. The number of phenolic OH excluding ortho intramolecular Hbond substituents is 8. The quantitative estimate of drug-likeness (QED) is 0.0831. The van der Waals surface area contributed by atoms with Gasteiger partial charge in [-0.15, -0.1) is 0 Å². The van der Waals surface area contributed by atoms with Gasteiger partial charge >= 0.3 is 0 Å². The van der Waals surface area contributed by atoms with E-state index in [4.69, 9.17) is 18.9 Å². The zero-order valence-electron chi connectivity index (χ0n) is 47.7. The third-order valence-corrected chi connectivity index (χ3v) is 17.1. The summed E-state index contributed by atoms with van der Waals surface area (Å²) < 4.78 is 24.3. The van der Waals surface area contributed by atoms with Crippen molar-refractivity contribution in [3.63, 3.8) is 0 Å². The second-order valence-corrected chi connectivity index (χ2v) is 21.4. The van der Waals surface area contributed by atoms with Crippen LogP contribution in [0.1, 0.15) is 122 Å². The van der Waals surface area contributed by atoms with Gasteiger partial charge in [0, 0.05) is 90.4 Å². The van der Waals surface area contributed by atoms with Crippen molar-refractivity contribution < 1.29 is 59.8 Å². The number of para-hydroxylation sites is 4. The minimum absolute atomic E-state index is 0.00297. The van der Waals surface area contributed by atoms with Crippen LogP contribution in [0.15, 0.2) is 194 Å². The van der Waals surface area contributed by atoms with Crippen molar-refractivity contribution in [2.45, 2.75) is 77.0 Å². The van der Waals surface area contributed by atoms with Crippen LogP contribution in [0, 0.1) is 0 Å². The Bertz CT molecular complexity index is 3710. The summed E-state index contributed by atoms with van der Waals surface area (Å²) in [6, 6.07) is 58.1. The molecule has 10 aromatic carbocycles. The molecule has 4 heterocycles. The fraction of sp³-hybridized carbons (Fsp3) is 0.167. The first-order valence-corrected chi connectivity index (χ1v) is 28.0. The van der Waals surface area contributed by atoms with Gasteiger partial charge in [0.1, 0.15) is 46.0 Å². The number of rotatable bonds is 4. The molecular weight excluding hydrogens is 1060 g/mol. The van der Waals surface area contributed by atoms with Crippen LogP contribution in [-0.4, -0.2) is 40.9 Å². The molecule has 424 valence electrons. The van der Waals surface area contributed by atoms with E-state index in [-0.39, 0.29) is 46.0 Å². The number of fused-ring (bicyclic) bond motifs is 8. The van der Waals surface area contributed by atoms with Gasteiger partial charge in [-0.1, -0.05) is 149 Å². The number of hydrogen-bond donors (Lipinski definition) is 8. The van der Waals surface area contributed by atoms with Crippen molar-refractivity contribution >= 4 is 0 Å². The summed E-state index contributed by atoms with van der Waals surface area (Å²) in [7, 11) is 0. The zero-order chi connectivity index (χ0) is 59.6. The van der Waals surface area contributed by atoms with Crippen LogP contribution in [0.3, 0.4) is 0 Å². The van der Waals surface area contributed by atoms with E-state index >= 15 is 0 Å². The Morgan fingerprint density at radius 2 is 0.440 bits per heavy atom. The van der Waals surface area contributed by atoms with Crippen LogP contribution in [0.2, 0.25) is 0 Å². The highest BCUT2D eigenvalue weighted by Gasteiger charge is 2.46. The summed E-state index contributed by atoms with van der Waals surface area (Å²) in [5, 5.41) is 83.3. The van der Waals surface area contributed by atoms with Gasteiger partial charge in [0.25, 0.3) is 0 Å². The molecule has 0 saturated heterocycles. The average Bonchev–Trinajstić information content (AvgIpc) is 1.28. The Hall–Kier alpha value is -10.2. The van der Waals surface area contributed by atoms with Crippen LogP contribution in [0.5, 0.6) is 92.0 Å². The lowest BCUT2D eigenvalue weighted by Crippen LogP contribution is -2.31. The monoisotopic (exact) mass is 1120 g/mol. The Labute approximate surface area is 487 Å². The molecule has 0 aromatic heterocycles. The third kappa shape index (κ3) is 8.50. The second kappa shape index (κ2) is 21.0. The minimum Gasteiger partial charge on any atom is -0.508 e. The lowest BCUT2D eigenvalue weighted by atomic mass is 9.66. The van der Waals surface area contributed by atoms with Crippen molar-refractivity contribution in [1.29, 1.82) is 0 Å². The van der Waals surface area contributed by atoms with Gasteiger partial charge in [-0.2, -0.15) is 0 Å². The van der Waals surface area contributed by atoms with Gasteiger partial charge in [0.2, 0.25) is 0 Å². The molecule has 10 aromatic rings. The molecule has 0 bridgehead atoms. The molecule has 84 heavy (non-hydrogen) atoms. The number of hydrogen-bond acceptors (Lipinski definition) is 12. The second-order valence-electron chi connectivity index (χ2n) is 21.4. The summed E-state index contributed by atoms with van der Waals surface area (Å²) in [6.45, 7) is 16.3. The molecule has 0 saturated carbocycles. The molecule has 12 nitrogen and oxygen atoms in total. The van der Waals surface area contributed by atoms with Crippen molar-refractivity contribution in [3.05, 3.63) is 261 Å². The van der Waals surface area contributed by atoms with Crippen LogP contribution < -0.4 is 18.9 Å². The van der Waals surface area contributed by atoms with Crippen LogP contribution >= 0.6 is 0 Å². The Balaban J connectivity index is 0.000000166. The molecule has 14 rings (SSSR count).